The molecule has 6 nitrogen and oxygen atoms in total. The number of carbonyl (C=O) groups is 2. The van der Waals surface area contributed by atoms with Crippen LogP contribution in [0.3, 0.4) is 0 Å². The van der Waals surface area contributed by atoms with Crippen LogP contribution in [0.5, 0.6) is 5.75 Å². The second kappa shape index (κ2) is 11.0. The molecule has 1 aliphatic carbocycles. The Morgan fingerprint density at radius 2 is 1.41 bits per heavy atom. The summed E-state index contributed by atoms with van der Waals surface area (Å²) in [6.07, 6.45) is 2.98. The number of para-hydroxylation sites is 2. The van der Waals surface area contributed by atoms with Crippen LogP contribution in [0.1, 0.15) is 51.3 Å². The van der Waals surface area contributed by atoms with Gasteiger partial charge in [-0.15, -0.1) is 0 Å². The third-order valence-corrected chi connectivity index (χ3v) is 12.3. The summed E-state index contributed by atoms with van der Waals surface area (Å²) in [4.78, 5) is 35.9. The number of hydrogen-bond donors (Lipinski definition) is 0. The lowest BCUT2D eigenvalue weighted by molar-refractivity contribution is 0.0765. The van der Waals surface area contributed by atoms with Crippen LogP contribution in [-0.4, -0.2) is 30.1 Å². The van der Waals surface area contributed by atoms with Crippen LogP contribution in [0.25, 0.3) is 32.7 Å². The third-order valence-electron chi connectivity index (χ3n) is 12.3. The van der Waals surface area contributed by atoms with Crippen molar-refractivity contribution >= 4 is 62.1 Å². The Balaban J connectivity index is 1.12. The maximum atomic E-state index is 12.9. The Labute approximate surface area is 313 Å². The summed E-state index contributed by atoms with van der Waals surface area (Å²) >= 11 is 0. The topological polar surface area (TPSA) is 62.2 Å². The van der Waals surface area contributed by atoms with E-state index in [1.165, 1.54) is 22.4 Å². The van der Waals surface area contributed by atoms with E-state index in [0.29, 0.717) is 17.7 Å². The molecule has 0 N–H and O–H groups in total. The number of benzene rings is 7. The minimum absolute atomic E-state index is 0.431. The zero-order valence-electron chi connectivity index (χ0n) is 30.0. The molecular weight excluding hydrogens is 667 g/mol. The number of carbonyl (C=O) groups excluding carboxylic acids is 2. The maximum Gasteiger partial charge on any atom is 0.234 e. The van der Waals surface area contributed by atoms with E-state index in [2.05, 4.69) is 127 Å². The lowest BCUT2D eigenvalue weighted by Crippen LogP contribution is -2.61. The van der Waals surface area contributed by atoms with Crippen molar-refractivity contribution in [1.29, 1.82) is 0 Å². The summed E-state index contributed by atoms with van der Waals surface area (Å²) in [5.74, 6) is -0.114. The predicted molar refractivity (Wildman–Crippen MR) is 216 cm³/mol. The molecule has 7 aromatic rings. The largest absolute Gasteiger partial charge is 0.459 e. The standard InChI is InChI=1S/C48H35N3O3/c1-47(2)38-16-7-9-18-40(38)51(27-29-11-4-3-5-12-29)48(47)28-49-44-34-20-19-31(32-21-22-36-43-33(32)14-10-15-35(43)45(52)46(36)53)25-37(34)41(26-42(44)54-48)50-24-23-30-13-6-8-17-39(30)50/h3-22,25-26,28H,23-24,27H2,1-2H3. The van der Waals surface area contributed by atoms with Crippen LogP contribution < -0.4 is 14.5 Å². The predicted octanol–water partition coefficient (Wildman–Crippen LogP) is 10.5. The first-order chi connectivity index (χ1) is 26.3. The van der Waals surface area contributed by atoms with Crippen molar-refractivity contribution < 1.29 is 14.3 Å². The normalized spacial score (nSPS) is 18.8. The van der Waals surface area contributed by atoms with E-state index in [-0.39, 0.29) is 0 Å². The molecule has 1 atom stereocenters. The fraction of sp³-hybridized carbons (Fsp3) is 0.146. The van der Waals surface area contributed by atoms with Crippen molar-refractivity contribution in [3.8, 4) is 16.9 Å². The van der Waals surface area contributed by atoms with Crippen molar-refractivity contribution in [3.63, 3.8) is 0 Å². The van der Waals surface area contributed by atoms with Crippen LogP contribution in [-0.2, 0) is 18.4 Å². The van der Waals surface area contributed by atoms with E-state index in [1.54, 1.807) is 6.07 Å². The first-order valence-corrected chi connectivity index (χ1v) is 18.6. The molecule has 1 spiro atoms. The Morgan fingerprint density at radius 1 is 0.667 bits per heavy atom. The van der Waals surface area contributed by atoms with Gasteiger partial charge in [0.05, 0.1) is 17.3 Å². The van der Waals surface area contributed by atoms with Gasteiger partial charge in [-0.05, 0) is 77.7 Å². The molecule has 3 heterocycles. The zero-order valence-corrected chi connectivity index (χ0v) is 30.0. The van der Waals surface area contributed by atoms with Crippen LogP contribution in [0.4, 0.5) is 22.7 Å². The Kier molecular flexibility index (Phi) is 6.32. The fourth-order valence-electron chi connectivity index (χ4n) is 9.51. The molecule has 0 saturated heterocycles. The molecular formula is C48H35N3O3. The van der Waals surface area contributed by atoms with Gasteiger partial charge in [-0.25, -0.2) is 0 Å². The summed E-state index contributed by atoms with van der Waals surface area (Å²) in [5, 5.41) is 3.71. The van der Waals surface area contributed by atoms with Gasteiger partial charge >= 0.3 is 0 Å². The average Bonchev–Trinajstić information content (AvgIpc) is 3.80. The van der Waals surface area contributed by atoms with Gasteiger partial charge in [0.15, 0.2) is 5.75 Å². The van der Waals surface area contributed by atoms with Crippen molar-refractivity contribution in [2.45, 2.75) is 38.0 Å². The average molecular weight is 702 g/mol. The second-order valence-electron chi connectivity index (χ2n) is 15.4. The minimum atomic E-state index is -0.882. The summed E-state index contributed by atoms with van der Waals surface area (Å²) in [5.41, 5.74) is 9.58. The Bertz CT molecular complexity index is 2800. The van der Waals surface area contributed by atoms with E-state index < -0.39 is 22.7 Å². The highest BCUT2D eigenvalue weighted by atomic mass is 16.5. The fourth-order valence-corrected chi connectivity index (χ4v) is 9.51. The number of ketones is 2. The second-order valence-corrected chi connectivity index (χ2v) is 15.4. The van der Waals surface area contributed by atoms with Gasteiger partial charge < -0.3 is 14.5 Å². The van der Waals surface area contributed by atoms with Gasteiger partial charge in [-0.3, -0.25) is 14.6 Å². The highest BCUT2D eigenvalue weighted by Crippen LogP contribution is 2.57. The number of nitrogens with zero attached hydrogens (tertiary/aromatic N) is 3. The first kappa shape index (κ1) is 31.0. The van der Waals surface area contributed by atoms with Crippen molar-refractivity contribution in [2.75, 3.05) is 16.3 Å². The molecule has 0 amide bonds. The lowest BCUT2D eigenvalue weighted by atomic mass is 9.77. The number of anilines is 3. The monoisotopic (exact) mass is 701 g/mol. The molecule has 7 aromatic carbocycles. The molecule has 0 bridgehead atoms. The SMILES string of the molecule is CC1(C)c2ccccc2N(Cc2ccccc2)C12C=Nc1c(cc(N3CCc4ccccc43)c3cc(-c4ccc5c6c(cccc46)C(=O)C5=O)ccc13)O2. The van der Waals surface area contributed by atoms with Crippen LogP contribution in [0.2, 0.25) is 0 Å². The summed E-state index contributed by atoms with van der Waals surface area (Å²) in [6, 6.07) is 46.0. The summed E-state index contributed by atoms with van der Waals surface area (Å²) in [7, 11) is 0. The van der Waals surface area contributed by atoms with Gasteiger partial charge in [-0.2, -0.15) is 0 Å². The number of fused-ring (bicyclic) bond motifs is 5. The molecule has 260 valence electrons. The molecule has 0 radical (unpaired) electrons. The van der Waals surface area contributed by atoms with Crippen LogP contribution in [0, 0.1) is 0 Å². The number of hydrogen-bond acceptors (Lipinski definition) is 6. The van der Waals surface area contributed by atoms with E-state index in [0.717, 1.165) is 68.4 Å². The molecule has 6 heteroatoms. The highest BCUT2D eigenvalue weighted by molar-refractivity contribution is 6.57. The zero-order chi connectivity index (χ0) is 36.3. The molecule has 54 heavy (non-hydrogen) atoms. The third kappa shape index (κ3) is 4.08. The number of ether oxygens (including phenoxy) is 1. The van der Waals surface area contributed by atoms with Crippen LogP contribution >= 0.6 is 0 Å². The summed E-state index contributed by atoms with van der Waals surface area (Å²) in [6.45, 7) is 6.03. The van der Waals surface area contributed by atoms with Gasteiger partial charge in [0.1, 0.15) is 5.69 Å². The minimum Gasteiger partial charge on any atom is -0.459 e. The molecule has 3 aliphatic heterocycles. The van der Waals surface area contributed by atoms with E-state index in [1.807, 2.05) is 30.5 Å². The molecule has 11 rings (SSSR count). The van der Waals surface area contributed by atoms with Crippen molar-refractivity contribution in [3.05, 3.63) is 161 Å². The smallest absolute Gasteiger partial charge is 0.234 e. The van der Waals surface area contributed by atoms with Crippen LogP contribution in [0.15, 0.2) is 138 Å². The van der Waals surface area contributed by atoms with E-state index >= 15 is 0 Å². The number of rotatable bonds is 4. The van der Waals surface area contributed by atoms with Crippen molar-refractivity contribution in [1.82, 2.24) is 0 Å². The Hall–Kier alpha value is -6.53. The Morgan fingerprint density at radius 3 is 2.26 bits per heavy atom. The van der Waals surface area contributed by atoms with E-state index in [4.69, 9.17) is 9.73 Å². The summed E-state index contributed by atoms with van der Waals surface area (Å²) < 4.78 is 7.47. The molecule has 0 aromatic heterocycles. The molecule has 0 fully saturated rings. The highest BCUT2D eigenvalue weighted by Gasteiger charge is 2.59. The maximum absolute atomic E-state index is 12.9. The lowest BCUT2D eigenvalue weighted by Gasteiger charge is -2.46. The molecule has 1 unspecified atom stereocenters. The van der Waals surface area contributed by atoms with Gasteiger partial charge in [0, 0.05) is 57.8 Å². The molecule has 0 saturated carbocycles. The number of Topliss-reactive ketones (excluding diaryl/α,β-unsaturated/α-hetero) is 2. The van der Waals surface area contributed by atoms with Gasteiger partial charge in [0.25, 0.3) is 0 Å². The van der Waals surface area contributed by atoms with Gasteiger partial charge in [0.2, 0.25) is 17.3 Å². The van der Waals surface area contributed by atoms with Crippen molar-refractivity contribution in [2.24, 2.45) is 4.99 Å². The van der Waals surface area contributed by atoms with Gasteiger partial charge in [-0.1, -0.05) is 103 Å². The quantitative estimate of drug-likeness (QED) is 0.171. The molecule has 4 aliphatic rings. The first-order valence-electron chi connectivity index (χ1n) is 18.6. The number of aliphatic imine (C=N–C) groups is 1. The van der Waals surface area contributed by atoms with E-state index in [9.17, 15) is 9.59 Å².